The van der Waals surface area contributed by atoms with Crippen molar-refractivity contribution >= 4 is 7.12 Å². The summed E-state index contributed by atoms with van der Waals surface area (Å²) in [4.78, 5) is 0. The van der Waals surface area contributed by atoms with E-state index in [9.17, 15) is 0 Å². The molecule has 2 rings (SSSR count). The van der Waals surface area contributed by atoms with Gasteiger partial charge in [0.1, 0.15) is 0 Å². The van der Waals surface area contributed by atoms with Crippen LogP contribution in [-0.2, 0) is 9.31 Å². The largest absolute Gasteiger partial charge is 0.461 e. The van der Waals surface area contributed by atoms with Crippen molar-refractivity contribution in [2.45, 2.75) is 90.2 Å². The van der Waals surface area contributed by atoms with Crippen LogP contribution >= 0.6 is 0 Å². The van der Waals surface area contributed by atoms with E-state index in [1.165, 1.54) is 38.5 Å². The lowest BCUT2D eigenvalue weighted by molar-refractivity contribution is 0.00578. The Kier molecular flexibility index (Phi) is 5.02. The summed E-state index contributed by atoms with van der Waals surface area (Å²) in [6.07, 6.45) is 12.6. The molecule has 2 fully saturated rings. The lowest BCUT2D eigenvalue weighted by Crippen LogP contribution is -2.41. The van der Waals surface area contributed by atoms with Crippen molar-refractivity contribution in [1.82, 2.24) is 0 Å². The van der Waals surface area contributed by atoms with Crippen molar-refractivity contribution in [3.8, 4) is 0 Å². The Labute approximate surface area is 125 Å². The molecule has 1 saturated heterocycles. The van der Waals surface area contributed by atoms with Gasteiger partial charge in [-0.2, -0.15) is 0 Å². The lowest BCUT2D eigenvalue weighted by atomic mass is 9.80. The Bertz CT molecular complexity index is 333. The second kappa shape index (κ2) is 6.23. The van der Waals surface area contributed by atoms with Gasteiger partial charge in [-0.3, -0.25) is 0 Å². The monoisotopic (exact) mass is 278 g/mol. The summed E-state index contributed by atoms with van der Waals surface area (Å²) in [6.45, 7) is 10.8. The molecule has 2 atom stereocenters. The Morgan fingerprint density at radius 2 is 1.70 bits per heavy atom. The molecule has 0 spiro atoms. The molecule has 1 heterocycles. The summed E-state index contributed by atoms with van der Waals surface area (Å²) in [5.74, 6) is 1.25. The minimum absolute atomic E-state index is 0.00487. The van der Waals surface area contributed by atoms with E-state index in [0.29, 0.717) is 11.7 Å². The Morgan fingerprint density at radius 3 is 2.30 bits per heavy atom. The van der Waals surface area contributed by atoms with Gasteiger partial charge in [-0.1, -0.05) is 38.3 Å². The fraction of sp³-hybridized carbons (Fsp3) is 0.882. The molecule has 3 heteroatoms. The normalized spacial score (nSPS) is 31.1. The van der Waals surface area contributed by atoms with Crippen molar-refractivity contribution in [3.63, 3.8) is 0 Å². The van der Waals surface area contributed by atoms with Crippen LogP contribution in [0.4, 0.5) is 0 Å². The first-order chi connectivity index (χ1) is 9.37. The van der Waals surface area contributed by atoms with Gasteiger partial charge in [0.2, 0.25) is 0 Å². The summed E-state index contributed by atoms with van der Waals surface area (Å²) in [5, 5.41) is 0. The molecular formula is C17H31BO2. The summed E-state index contributed by atoms with van der Waals surface area (Å²) < 4.78 is 12.2. The van der Waals surface area contributed by atoms with Crippen molar-refractivity contribution in [3.05, 3.63) is 12.2 Å². The molecule has 1 aliphatic carbocycles. The predicted octanol–water partition coefficient (Wildman–Crippen LogP) is 5.00. The van der Waals surface area contributed by atoms with Gasteiger partial charge >= 0.3 is 7.12 Å². The van der Waals surface area contributed by atoms with Crippen LogP contribution in [0.3, 0.4) is 0 Å². The van der Waals surface area contributed by atoms with Crippen LogP contribution in [0, 0.1) is 5.92 Å². The third-order valence-corrected chi connectivity index (χ3v) is 5.12. The Balaban J connectivity index is 1.70. The van der Waals surface area contributed by atoms with Crippen LogP contribution < -0.4 is 0 Å². The maximum atomic E-state index is 6.12. The molecular weight excluding hydrogens is 247 g/mol. The number of allylic oxidation sites excluding steroid dienone is 2. The predicted molar refractivity (Wildman–Crippen MR) is 85.8 cm³/mol. The molecule has 0 aromatic rings. The van der Waals surface area contributed by atoms with Crippen LogP contribution in [0.15, 0.2) is 12.2 Å². The lowest BCUT2D eigenvalue weighted by Gasteiger charge is -2.32. The SMILES string of the molecule is CCCCCC/C=C/[C@H]1C[C@@H]1B1OC(C)(C)C(C)(C)O1. The summed E-state index contributed by atoms with van der Waals surface area (Å²) in [5.41, 5.74) is -0.372. The van der Waals surface area contributed by atoms with Gasteiger partial charge in [0, 0.05) is 5.82 Å². The van der Waals surface area contributed by atoms with E-state index >= 15 is 0 Å². The van der Waals surface area contributed by atoms with E-state index in [1.54, 1.807) is 0 Å². The molecule has 0 aromatic carbocycles. The second-order valence-corrected chi connectivity index (χ2v) is 7.47. The van der Waals surface area contributed by atoms with Crippen molar-refractivity contribution < 1.29 is 9.31 Å². The fourth-order valence-corrected chi connectivity index (χ4v) is 2.79. The molecule has 0 aromatic heterocycles. The molecule has 20 heavy (non-hydrogen) atoms. The molecule has 0 amide bonds. The van der Waals surface area contributed by atoms with Gasteiger partial charge in [0.15, 0.2) is 0 Å². The second-order valence-electron chi connectivity index (χ2n) is 7.47. The molecule has 0 radical (unpaired) electrons. The highest BCUT2D eigenvalue weighted by Crippen LogP contribution is 2.53. The van der Waals surface area contributed by atoms with E-state index in [-0.39, 0.29) is 18.3 Å². The quantitative estimate of drug-likeness (QED) is 0.371. The molecule has 2 nitrogen and oxygen atoms in total. The van der Waals surface area contributed by atoms with Crippen molar-refractivity contribution in [1.29, 1.82) is 0 Å². The molecule has 0 unspecified atom stereocenters. The van der Waals surface area contributed by atoms with Crippen LogP contribution in [-0.4, -0.2) is 18.3 Å². The molecule has 0 N–H and O–H groups in total. The van der Waals surface area contributed by atoms with E-state index in [1.807, 2.05) is 0 Å². The molecule has 2 aliphatic rings. The van der Waals surface area contributed by atoms with E-state index in [2.05, 4.69) is 46.8 Å². The van der Waals surface area contributed by atoms with E-state index in [0.717, 1.165) is 0 Å². The highest BCUT2D eigenvalue weighted by Gasteiger charge is 2.58. The summed E-state index contributed by atoms with van der Waals surface area (Å²) in [6, 6.07) is 0. The minimum Gasteiger partial charge on any atom is -0.403 e. The molecule has 1 aliphatic heterocycles. The zero-order chi connectivity index (χ0) is 14.8. The number of hydrogen-bond acceptors (Lipinski definition) is 2. The third kappa shape index (κ3) is 3.68. The molecule has 0 bridgehead atoms. The van der Waals surface area contributed by atoms with Crippen LogP contribution in [0.25, 0.3) is 0 Å². The number of hydrogen-bond donors (Lipinski definition) is 0. The number of unbranched alkanes of at least 4 members (excludes halogenated alkanes) is 4. The van der Waals surface area contributed by atoms with Gasteiger partial charge in [0.05, 0.1) is 11.2 Å². The third-order valence-electron chi connectivity index (χ3n) is 5.12. The van der Waals surface area contributed by atoms with Gasteiger partial charge in [0.25, 0.3) is 0 Å². The first-order valence-electron chi connectivity index (χ1n) is 8.39. The van der Waals surface area contributed by atoms with Gasteiger partial charge in [-0.15, -0.1) is 0 Å². The first-order valence-corrected chi connectivity index (χ1v) is 8.39. The highest BCUT2D eigenvalue weighted by atomic mass is 16.7. The first kappa shape index (κ1) is 16.1. The smallest absolute Gasteiger partial charge is 0.403 e. The van der Waals surface area contributed by atoms with Gasteiger partial charge in [-0.05, 0) is 52.9 Å². The van der Waals surface area contributed by atoms with Gasteiger partial charge < -0.3 is 9.31 Å². The average Bonchev–Trinajstić information content (AvgIpc) is 3.07. The van der Waals surface area contributed by atoms with E-state index in [4.69, 9.17) is 9.31 Å². The standard InChI is InChI=1S/C17H31BO2/c1-6-7-8-9-10-11-12-14-13-15(14)18-19-16(2,3)17(4,5)20-18/h11-12,14-15H,6-10,13H2,1-5H3/b12-11+/t14-,15-/m0/s1. The molecule has 114 valence electrons. The van der Waals surface area contributed by atoms with Crippen LogP contribution in [0.1, 0.15) is 73.1 Å². The minimum atomic E-state index is -0.186. The van der Waals surface area contributed by atoms with E-state index < -0.39 is 0 Å². The van der Waals surface area contributed by atoms with Crippen LogP contribution in [0.2, 0.25) is 5.82 Å². The zero-order valence-corrected chi connectivity index (χ0v) is 13.9. The zero-order valence-electron chi connectivity index (χ0n) is 13.9. The Morgan fingerprint density at radius 1 is 1.05 bits per heavy atom. The van der Waals surface area contributed by atoms with Gasteiger partial charge in [-0.25, -0.2) is 0 Å². The highest BCUT2D eigenvalue weighted by molar-refractivity contribution is 6.48. The maximum absolute atomic E-state index is 6.12. The van der Waals surface area contributed by atoms with Crippen molar-refractivity contribution in [2.75, 3.05) is 0 Å². The summed E-state index contributed by atoms with van der Waals surface area (Å²) >= 11 is 0. The molecule has 1 saturated carbocycles. The fourth-order valence-electron chi connectivity index (χ4n) is 2.79. The van der Waals surface area contributed by atoms with Crippen LogP contribution in [0.5, 0.6) is 0 Å². The van der Waals surface area contributed by atoms with Crippen molar-refractivity contribution in [2.24, 2.45) is 5.92 Å². The Hall–Kier alpha value is -0.275. The number of rotatable bonds is 7. The average molecular weight is 278 g/mol. The topological polar surface area (TPSA) is 18.5 Å². The summed E-state index contributed by atoms with van der Waals surface area (Å²) in [7, 11) is -0.00487. The maximum Gasteiger partial charge on any atom is 0.461 e.